The maximum absolute atomic E-state index is 5.73. The number of aromatic nitrogens is 1. The van der Waals surface area contributed by atoms with Crippen LogP contribution in [0.3, 0.4) is 0 Å². The second-order valence-electron chi connectivity index (χ2n) is 6.25. The topological polar surface area (TPSA) is 34.1 Å². The van der Waals surface area contributed by atoms with Crippen LogP contribution in [0.5, 0.6) is 5.75 Å². The highest BCUT2D eigenvalue weighted by molar-refractivity contribution is 5.15. The molecule has 0 spiro atoms. The Bertz CT molecular complexity index is 328. The van der Waals surface area contributed by atoms with Crippen LogP contribution in [-0.2, 0) is 0 Å². The molecule has 0 aromatic carbocycles. The van der Waals surface area contributed by atoms with E-state index in [1.54, 1.807) is 12.4 Å². The van der Waals surface area contributed by atoms with Gasteiger partial charge >= 0.3 is 0 Å². The SMILES string of the molecule is CC(C)(CNC(C)(C)C)COc1cccnc1. The lowest BCUT2D eigenvalue weighted by atomic mass is 9.93. The molecule has 3 nitrogen and oxygen atoms in total. The molecule has 0 aliphatic carbocycles. The fourth-order valence-corrected chi connectivity index (χ4v) is 1.27. The highest BCUT2D eigenvalue weighted by Gasteiger charge is 2.21. The van der Waals surface area contributed by atoms with Gasteiger partial charge in [-0.1, -0.05) is 13.8 Å². The molecule has 17 heavy (non-hydrogen) atoms. The summed E-state index contributed by atoms with van der Waals surface area (Å²) in [4.78, 5) is 4.03. The fourth-order valence-electron chi connectivity index (χ4n) is 1.27. The molecule has 1 aromatic heterocycles. The third-order valence-corrected chi connectivity index (χ3v) is 2.36. The maximum Gasteiger partial charge on any atom is 0.137 e. The number of ether oxygens (including phenoxy) is 1. The van der Waals surface area contributed by atoms with E-state index >= 15 is 0 Å². The maximum atomic E-state index is 5.73. The van der Waals surface area contributed by atoms with Gasteiger partial charge in [0.1, 0.15) is 5.75 Å². The van der Waals surface area contributed by atoms with Crippen molar-refractivity contribution in [1.82, 2.24) is 10.3 Å². The molecule has 3 heteroatoms. The van der Waals surface area contributed by atoms with Gasteiger partial charge in [-0.3, -0.25) is 4.98 Å². The predicted molar refractivity (Wildman–Crippen MR) is 71.3 cm³/mol. The average molecular weight is 236 g/mol. The number of hydrogen-bond donors (Lipinski definition) is 1. The van der Waals surface area contributed by atoms with Crippen molar-refractivity contribution in [2.24, 2.45) is 5.41 Å². The lowest BCUT2D eigenvalue weighted by molar-refractivity contribution is 0.165. The first-order chi connectivity index (χ1) is 7.79. The zero-order valence-corrected chi connectivity index (χ0v) is 11.6. The standard InChI is InChI=1S/C14H24N2O/c1-13(2,3)16-10-14(4,5)11-17-12-7-6-8-15-9-12/h6-9,16H,10-11H2,1-5H3. The van der Waals surface area contributed by atoms with Crippen molar-refractivity contribution >= 4 is 0 Å². The molecule has 0 amide bonds. The fraction of sp³-hybridized carbons (Fsp3) is 0.643. The van der Waals surface area contributed by atoms with Crippen LogP contribution < -0.4 is 10.1 Å². The molecule has 0 radical (unpaired) electrons. The summed E-state index contributed by atoms with van der Waals surface area (Å²) in [5.41, 5.74) is 0.245. The Morgan fingerprint density at radius 3 is 2.47 bits per heavy atom. The van der Waals surface area contributed by atoms with Gasteiger partial charge in [0.25, 0.3) is 0 Å². The monoisotopic (exact) mass is 236 g/mol. The number of pyridine rings is 1. The molecular formula is C14H24N2O. The summed E-state index contributed by atoms with van der Waals surface area (Å²) < 4.78 is 5.73. The smallest absolute Gasteiger partial charge is 0.137 e. The minimum atomic E-state index is 0.100. The number of rotatable bonds is 5. The molecule has 0 saturated carbocycles. The van der Waals surface area contributed by atoms with E-state index < -0.39 is 0 Å². The second kappa shape index (κ2) is 5.50. The Labute approximate surface area is 105 Å². The summed E-state index contributed by atoms with van der Waals surface area (Å²) in [6.07, 6.45) is 3.49. The van der Waals surface area contributed by atoms with Gasteiger partial charge in [-0.25, -0.2) is 0 Å². The third kappa shape index (κ3) is 6.27. The van der Waals surface area contributed by atoms with Crippen molar-refractivity contribution in [3.05, 3.63) is 24.5 Å². The third-order valence-electron chi connectivity index (χ3n) is 2.36. The van der Waals surface area contributed by atoms with Gasteiger partial charge in [0.2, 0.25) is 0 Å². The molecule has 0 atom stereocenters. The van der Waals surface area contributed by atoms with Gasteiger partial charge in [0.15, 0.2) is 0 Å². The Kier molecular flexibility index (Phi) is 4.52. The van der Waals surface area contributed by atoms with E-state index in [-0.39, 0.29) is 11.0 Å². The Morgan fingerprint density at radius 1 is 1.24 bits per heavy atom. The average Bonchev–Trinajstić information content (AvgIpc) is 2.25. The highest BCUT2D eigenvalue weighted by atomic mass is 16.5. The van der Waals surface area contributed by atoms with Crippen LogP contribution in [0.1, 0.15) is 34.6 Å². The van der Waals surface area contributed by atoms with Crippen molar-refractivity contribution in [1.29, 1.82) is 0 Å². The van der Waals surface area contributed by atoms with Crippen LogP contribution in [0.4, 0.5) is 0 Å². The lowest BCUT2D eigenvalue weighted by Crippen LogP contribution is -2.43. The van der Waals surface area contributed by atoms with E-state index in [1.165, 1.54) is 0 Å². The summed E-state index contributed by atoms with van der Waals surface area (Å²) in [5, 5.41) is 3.50. The molecule has 0 aliphatic rings. The number of nitrogens with zero attached hydrogens (tertiary/aromatic N) is 1. The van der Waals surface area contributed by atoms with Crippen LogP contribution in [0, 0.1) is 5.41 Å². The molecule has 1 rings (SSSR count). The highest BCUT2D eigenvalue weighted by Crippen LogP contribution is 2.18. The molecular weight excluding hydrogens is 212 g/mol. The minimum Gasteiger partial charge on any atom is -0.491 e. The molecule has 0 aliphatic heterocycles. The minimum absolute atomic E-state index is 0.100. The number of hydrogen-bond acceptors (Lipinski definition) is 3. The lowest BCUT2D eigenvalue weighted by Gasteiger charge is -2.30. The van der Waals surface area contributed by atoms with Crippen molar-refractivity contribution < 1.29 is 4.74 Å². The van der Waals surface area contributed by atoms with Crippen LogP contribution in [0.15, 0.2) is 24.5 Å². The van der Waals surface area contributed by atoms with E-state index in [1.807, 2.05) is 12.1 Å². The van der Waals surface area contributed by atoms with Crippen molar-refractivity contribution in [3.8, 4) is 5.75 Å². The molecule has 1 N–H and O–H groups in total. The van der Waals surface area contributed by atoms with Gasteiger partial charge in [0.05, 0.1) is 12.8 Å². The molecule has 0 fully saturated rings. The van der Waals surface area contributed by atoms with Crippen LogP contribution in [-0.4, -0.2) is 23.7 Å². The largest absolute Gasteiger partial charge is 0.491 e. The Balaban J connectivity index is 2.39. The first-order valence-electron chi connectivity index (χ1n) is 6.06. The Morgan fingerprint density at radius 2 is 1.94 bits per heavy atom. The van der Waals surface area contributed by atoms with Gasteiger partial charge in [-0.2, -0.15) is 0 Å². The van der Waals surface area contributed by atoms with E-state index in [0.717, 1.165) is 12.3 Å². The van der Waals surface area contributed by atoms with E-state index in [0.29, 0.717) is 6.61 Å². The summed E-state index contributed by atoms with van der Waals surface area (Å²) in [7, 11) is 0. The van der Waals surface area contributed by atoms with Gasteiger partial charge < -0.3 is 10.1 Å². The number of nitrogens with one attached hydrogen (secondary N) is 1. The zero-order valence-electron chi connectivity index (χ0n) is 11.6. The summed E-state index contributed by atoms with van der Waals surface area (Å²) in [6.45, 7) is 12.5. The molecule has 0 saturated heterocycles. The first-order valence-corrected chi connectivity index (χ1v) is 6.06. The normalized spacial score (nSPS) is 12.5. The van der Waals surface area contributed by atoms with Gasteiger partial charge in [-0.15, -0.1) is 0 Å². The first kappa shape index (κ1) is 14.0. The van der Waals surface area contributed by atoms with E-state index in [4.69, 9.17) is 4.74 Å². The zero-order chi connectivity index (χ0) is 12.9. The molecule has 1 heterocycles. The summed E-state index contributed by atoms with van der Waals surface area (Å²) in [5.74, 6) is 0.830. The van der Waals surface area contributed by atoms with Crippen molar-refractivity contribution in [3.63, 3.8) is 0 Å². The van der Waals surface area contributed by atoms with Crippen LogP contribution >= 0.6 is 0 Å². The van der Waals surface area contributed by atoms with Gasteiger partial charge in [-0.05, 0) is 32.9 Å². The van der Waals surface area contributed by atoms with Crippen LogP contribution in [0.2, 0.25) is 0 Å². The van der Waals surface area contributed by atoms with Crippen molar-refractivity contribution in [2.45, 2.75) is 40.2 Å². The molecule has 1 aromatic rings. The molecule has 0 bridgehead atoms. The quantitative estimate of drug-likeness (QED) is 0.853. The van der Waals surface area contributed by atoms with Crippen LogP contribution in [0.25, 0.3) is 0 Å². The second-order valence-corrected chi connectivity index (χ2v) is 6.25. The predicted octanol–water partition coefficient (Wildman–Crippen LogP) is 2.87. The summed E-state index contributed by atoms with van der Waals surface area (Å²) in [6, 6.07) is 3.82. The molecule has 96 valence electrons. The Hall–Kier alpha value is -1.09. The molecule has 0 unspecified atom stereocenters. The van der Waals surface area contributed by atoms with E-state index in [2.05, 4.69) is 44.9 Å². The summed E-state index contributed by atoms with van der Waals surface area (Å²) >= 11 is 0. The van der Waals surface area contributed by atoms with E-state index in [9.17, 15) is 0 Å². The van der Waals surface area contributed by atoms with Gasteiger partial charge in [0, 0.05) is 23.7 Å². The van der Waals surface area contributed by atoms with Crippen molar-refractivity contribution in [2.75, 3.05) is 13.2 Å².